The summed E-state index contributed by atoms with van der Waals surface area (Å²) in [4.78, 5) is 41.1. The van der Waals surface area contributed by atoms with Crippen LogP contribution in [-0.4, -0.2) is 109 Å². The van der Waals surface area contributed by atoms with Crippen LogP contribution < -0.4 is 21.1 Å². The Balaban J connectivity index is 1.16. The lowest BCUT2D eigenvalue weighted by Crippen LogP contribution is -2.53. The Bertz CT molecular complexity index is 1590. The number of ether oxygens (including phenoxy) is 1. The highest BCUT2D eigenvalue weighted by Crippen LogP contribution is 2.31. The van der Waals surface area contributed by atoms with Gasteiger partial charge in [-0.1, -0.05) is 6.42 Å². The van der Waals surface area contributed by atoms with E-state index in [1.165, 1.54) is 19.3 Å². The predicted molar refractivity (Wildman–Crippen MR) is 202 cm³/mol. The molecule has 4 heterocycles. The summed E-state index contributed by atoms with van der Waals surface area (Å²) in [5.74, 6) is 1.13. The van der Waals surface area contributed by atoms with E-state index in [0.29, 0.717) is 69.7 Å². The molecule has 0 aliphatic carbocycles. The third kappa shape index (κ3) is 8.49. The van der Waals surface area contributed by atoms with Crippen molar-refractivity contribution in [2.45, 2.75) is 75.9 Å². The van der Waals surface area contributed by atoms with Gasteiger partial charge < -0.3 is 35.4 Å². The van der Waals surface area contributed by atoms with Gasteiger partial charge in [0.2, 0.25) is 11.9 Å². The monoisotopic (exact) mass is 811 g/mol. The van der Waals surface area contributed by atoms with Crippen LogP contribution in [0.15, 0.2) is 44.3 Å². The molecule has 268 valence electrons. The molecule has 3 saturated heterocycles. The zero-order valence-electron chi connectivity index (χ0n) is 28.7. The standard InChI is InChI=1S/C36H47Br2N9O3/c1-50-28-5-6-31-25(22-28)7-18-47(36(49)43-31)27-10-16-46(17-11-27)35(41-23-39)42-32(21-24-19-29(37)33(40)30(38)20-24)34(48)45-14-8-26(9-15-45)44-12-3-2-4-13-44/h5-6,19-20,22,26-27,32H,2-4,7-18,21,40H2,1H3,(H,41,42)(H,43,49)/t32-/m1/s1. The van der Waals surface area contributed by atoms with Gasteiger partial charge in [0.05, 0.1) is 12.8 Å². The first kappa shape index (κ1) is 36.3. The number of carbonyl (C=O) groups excluding carboxylic acids is 2. The number of amides is 3. The molecule has 2 aromatic carbocycles. The number of fused-ring (bicyclic) bond motifs is 1. The third-order valence-electron chi connectivity index (χ3n) is 10.6. The first-order valence-corrected chi connectivity index (χ1v) is 19.3. The predicted octanol–water partition coefficient (Wildman–Crippen LogP) is 5.17. The zero-order chi connectivity index (χ0) is 35.2. The maximum absolute atomic E-state index is 14.3. The first-order valence-electron chi connectivity index (χ1n) is 17.7. The van der Waals surface area contributed by atoms with Gasteiger partial charge in [-0.3, -0.25) is 10.1 Å². The summed E-state index contributed by atoms with van der Waals surface area (Å²) >= 11 is 7.11. The highest BCUT2D eigenvalue weighted by atomic mass is 79.9. The Hall–Kier alpha value is -3.54. The highest BCUT2D eigenvalue weighted by Gasteiger charge is 2.34. The molecule has 6 rings (SSSR count). The summed E-state index contributed by atoms with van der Waals surface area (Å²) in [7, 11) is 1.64. The van der Waals surface area contributed by atoms with Crippen LogP contribution in [0, 0.1) is 11.5 Å². The van der Waals surface area contributed by atoms with Crippen molar-refractivity contribution in [3.05, 3.63) is 50.4 Å². The maximum atomic E-state index is 14.3. The fourth-order valence-electron chi connectivity index (χ4n) is 7.80. The van der Waals surface area contributed by atoms with E-state index in [9.17, 15) is 14.9 Å². The molecule has 2 aromatic rings. The SMILES string of the molecule is COc1ccc2c(c1)CCN(C1CCN(C(=N[C@H](Cc3cc(Br)c(N)c(Br)c3)C(=O)N3CCC(N4CCCCC4)CC3)NC#N)CC1)C(=O)N2. The minimum absolute atomic E-state index is 0.0317. The number of methoxy groups -OCH3 is 1. The molecule has 4 aliphatic rings. The van der Waals surface area contributed by atoms with Crippen LogP contribution in [0.3, 0.4) is 0 Å². The molecule has 0 saturated carbocycles. The van der Waals surface area contributed by atoms with E-state index in [1.807, 2.05) is 45.0 Å². The summed E-state index contributed by atoms with van der Waals surface area (Å²) < 4.78 is 6.88. The lowest BCUT2D eigenvalue weighted by molar-refractivity contribution is -0.134. The number of nitrogens with one attached hydrogen (secondary N) is 2. The van der Waals surface area contributed by atoms with Crippen molar-refractivity contribution in [3.63, 3.8) is 0 Å². The summed E-state index contributed by atoms with van der Waals surface area (Å²) in [5.41, 5.74) is 9.55. The molecule has 50 heavy (non-hydrogen) atoms. The lowest BCUT2D eigenvalue weighted by Gasteiger charge is -2.41. The van der Waals surface area contributed by atoms with Gasteiger partial charge >= 0.3 is 6.03 Å². The number of hydrogen-bond donors (Lipinski definition) is 3. The molecule has 0 unspecified atom stereocenters. The van der Waals surface area contributed by atoms with Gasteiger partial charge in [-0.05, 0) is 131 Å². The van der Waals surface area contributed by atoms with E-state index in [2.05, 4.69) is 53.6 Å². The van der Waals surface area contributed by atoms with E-state index in [0.717, 1.165) is 63.9 Å². The normalized spacial score (nSPS) is 20.4. The van der Waals surface area contributed by atoms with Crippen LogP contribution in [0.2, 0.25) is 0 Å². The molecule has 0 radical (unpaired) electrons. The number of anilines is 2. The number of hydrogen-bond acceptors (Lipinski definition) is 7. The molecular weight excluding hydrogens is 766 g/mol. The summed E-state index contributed by atoms with van der Waals surface area (Å²) in [6.45, 7) is 5.47. The number of urea groups is 1. The Morgan fingerprint density at radius 3 is 2.32 bits per heavy atom. The summed E-state index contributed by atoms with van der Waals surface area (Å²) in [6.07, 6.45) is 10.3. The highest BCUT2D eigenvalue weighted by molar-refractivity contribution is 9.11. The Morgan fingerprint density at radius 1 is 1.00 bits per heavy atom. The van der Waals surface area contributed by atoms with Crippen molar-refractivity contribution >= 4 is 61.1 Å². The van der Waals surface area contributed by atoms with Crippen LogP contribution >= 0.6 is 31.9 Å². The lowest BCUT2D eigenvalue weighted by atomic mass is 9.98. The summed E-state index contributed by atoms with van der Waals surface area (Å²) in [5, 5.41) is 15.7. The number of benzene rings is 2. The largest absolute Gasteiger partial charge is 0.497 e. The Morgan fingerprint density at radius 2 is 1.66 bits per heavy atom. The molecule has 3 amide bonds. The number of nitrogens with zero attached hydrogens (tertiary/aromatic N) is 6. The average Bonchev–Trinajstić information content (AvgIpc) is 3.31. The van der Waals surface area contributed by atoms with Gasteiger partial charge in [0.1, 0.15) is 11.8 Å². The number of piperidine rings is 3. The van der Waals surface area contributed by atoms with Gasteiger partial charge in [-0.2, -0.15) is 5.26 Å². The van der Waals surface area contributed by atoms with Crippen molar-refractivity contribution in [2.24, 2.45) is 4.99 Å². The van der Waals surface area contributed by atoms with E-state index in [4.69, 9.17) is 15.5 Å². The van der Waals surface area contributed by atoms with Crippen molar-refractivity contribution in [2.75, 3.05) is 64.0 Å². The van der Waals surface area contributed by atoms with Crippen LogP contribution in [0.25, 0.3) is 0 Å². The fraction of sp³-hybridized carbons (Fsp3) is 0.556. The molecule has 3 fully saturated rings. The minimum Gasteiger partial charge on any atom is -0.497 e. The van der Waals surface area contributed by atoms with Crippen LogP contribution in [0.4, 0.5) is 16.2 Å². The van der Waals surface area contributed by atoms with Crippen molar-refractivity contribution < 1.29 is 14.3 Å². The first-order chi connectivity index (χ1) is 24.2. The maximum Gasteiger partial charge on any atom is 0.322 e. The Labute approximate surface area is 311 Å². The fourth-order valence-corrected chi connectivity index (χ4v) is 9.08. The quantitative estimate of drug-likeness (QED) is 0.114. The minimum atomic E-state index is -0.732. The topological polar surface area (TPSA) is 143 Å². The second-order valence-electron chi connectivity index (χ2n) is 13.7. The molecule has 14 heteroatoms. The molecule has 0 bridgehead atoms. The number of nitrogen functional groups attached to an aromatic ring is 1. The number of guanidine groups is 1. The van der Waals surface area contributed by atoms with Crippen molar-refractivity contribution in [3.8, 4) is 11.9 Å². The van der Waals surface area contributed by atoms with Crippen LogP contribution in [0.1, 0.15) is 56.1 Å². The molecule has 4 aliphatic heterocycles. The molecule has 4 N–H and O–H groups in total. The van der Waals surface area contributed by atoms with E-state index < -0.39 is 6.04 Å². The van der Waals surface area contributed by atoms with E-state index in [1.54, 1.807) is 7.11 Å². The second kappa shape index (κ2) is 16.7. The van der Waals surface area contributed by atoms with E-state index in [-0.39, 0.29) is 18.0 Å². The number of likely N-dealkylation sites (tertiary alicyclic amines) is 3. The number of rotatable bonds is 7. The number of nitriles is 1. The van der Waals surface area contributed by atoms with E-state index >= 15 is 0 Å². The number of nitrogens with two attached hydrogens (primary N) is 1. The molecule has 0 spiro atoms. The molecule has 1 atom stereocenters. The third-order valence-corrected chi connectivity index (χ3v) is 11.9. The molecule has 12 nitrogen and oxygen atoms in total. The van der Waals surface area contributed by atoms with Crippen molar-refractivity contribution in [1.29, 1.82) is 5.26 Å². The van der Waals surface area contributed by atoms with Gasteiger partial charge in [-0.15, -0.1) is 0 Å². The number of halogens is 2. The van der Waals surface area contributed by atoms with Crippen LogP contribution in [0.5, 0.6) is 5.75 Å². The smallest absolute Gasteiger partial charge is 0.322 e. The van der Waals surface area contributed by atoms with Gasteiger partial charge in [0, 0.05) is 65.9 Å². The van der Waals surface area contributed by atoms with Gasteiger partial charge in [0.25, 0.3) is 0 Å². The zero-order valence-corrected chi connectivity index (χ0v) is 31.8. The van der Waals surface area contributed by atoms with Crippen molar-refractivity contribution in [1.82, 2.24) is 24.9 Å². The molecule has 0 aromatic heterocycles. The summed E-state index contributed by atoms with van der Waals surface area (Å²) in [6, 6.07) is 9.32. The number of carbonyl (C=O) groups is 2. The number of aliphatic imine (C=N–C) groups is 1. The average molecular weight is 814 g/mol. The Kier molecular flexibility index (Phi) is 12.1. The van der Waals surface area contributed by atoms with Gasteiger partial charge in [0.15, 0.2) is 6.19 Å². The second-order valence-corrected chi connectivity index (χ2v) is 15.4. The van der Waals surface area contributed by atoms with Crippen LogP contribution in [-0.2, 0) is 17.6 Å². The molecular formula is C36H47Br2N9O3. The van der Waals surface area contributed by atoms with Gasteiger partial charge in [-0.25, -0.2) is 9.79 Å².